The third-order valence-corrected chi connectivity index (χ3v) is 2.54. The van der Waals surface area contributed by atoms with E-state index < -0.39 is 4.92 Å². The molecule has 1 aromatic rings. The van der Waals surface area contributed by atoms with E-state index in [9.17, 15) is 10.1 Å². The number of benzene rings is 1. The molecule has 1 fully saturated rings. The maximum Gasteiger partial charge on any atom is 0.311 e. The first kappa shape index (κ1) is 11.2. The van der Waals surface area contributed by atoms with Crippen LogP contribution in [0.5, 0.6) is 5.75 Å². The van der Waals surface area contributed by atoms with Crippen LogP contribution in [0, 0.1) is 10.1 Å². The van der Waals surface area contributed by atoms with Gasteiger partial charge in [0.15, 0.2) is 5.75 Å². The first-order valence-electron chi connectivity index (χ1n) is 4.85. The molecular weight excluding hydrogens is 234 g/mol. The zero-order chi connectivity index (χ0) is 11.5. The van der Waals surface area contributed by atoms with Crippen LogP contribution < -0.4 is 4.74 Å². The van der Waals surface area contributed by atoms with E-state index in [-0.39, 0.29) is 17.5 Å². The van der Waals surface area contributed by atoms with Crippen molar-refractivity contribution in [2.24, 2.45) is 0 Å². The van der Waals surface area contributed by atoms with E-state index in [1.165, 1.54) is 18.2 Å². The summed E-state index contributed by atoms with van der Waals surface area (Å²) in [6.45, 7) is 1.09. The van der Waals surface area contributed by atoms with Crippen molar-refractivity contribution >= 4 is 17.3 Å². The molecule has 5 nitrogen and oxygen atoms in total. The fourth-order valence-corrected chi connectivity index (χ4v) is 1.68. The number of halogens is 1. The van der Waals surface area contributed by atoms with Crippen LogP contribution in [-0.4, -0.2) is 24.2 Å². The molecule has 0 aliphatic carbocycles. The maximum absolute atomic E-state index is 10.8. The van der Waals surface area contributed by atoms with Gasteiger partial charge in [-0.3, -0.25) is 10.1 Å². The second-order valence-corrected chi connectivity index (χ2v) is 3.91. The molecule has 1 aliphatic heterocycles. The van der Waals surface area contributed by atoms with Crippen molar-refractivity contribution in [1.82, 2.24) is 0 Å². The molecule has 1 saturated heterocycles. The van der Waals surface area contributed by atoms with Gasteiger partial charge in [0.2, 0.25) is 0 Å². The van der Waals surface area contributed by atoms with Gasteiger partial charge in [-0.2, -0.15) is 0 Å². The van der Waals surface area contributed by atoms with Crippen LogP contribution >= 0.6 is 11.6 Å². The Morgan fingerprint density at radius 2 is 2.38 bits per heavy atom. The number of rotatable bonds is 3. The second-order valence-electron chi connectivity index (χ2n) is 3.47. The summed E-state index contributed by atoms with van der Waals surface area (Å²) < 4.78 is 10.6. The molecule has 0 amide bonds. The zero-order valence-corrected chi connectivity index (χ0v) is 9.14. The highest BCUT2D eigenvalue weighted by Gasteiger charge is 2.22. The van der Waals surface area contributed by atoms with Crippen molar-refractivity contribution in [3.05, 3.63) is 33.3 Å². The molecular formula is C10H10ClNO4. The Bertz CT molecular complexity index is 404. The fourth-order valence-electron chi connectivity index (χ4n) is 1.52. The van der Waals surface area contributed by atoms with Crippen LogP contribution in [0.3, 0.4) is 0 Å². The number of hydrogen-bond donors (Lipinski definition) is 0. The van der Waals surface area contributed by atoms with Gasteiger partial charge in [-0.25, -0.2) is 0 Å². The minimum Gasteiger partial charge on any atom is -0.481 e. The summed E-state index contributed by atoms with van der Waals surface area (Å²) in [6.07, 6.45) is 0.612. The predicted molar refractivity (Wildman–Crippen MR) is 58.0 cm³/mol. The summed E-state index contributed by atoms with van der Waals surface area (Å²) in [5.74, 6) is 0.202. The van der Waals surface area contributed by atoms with E-state index in [2.05, 4.69) is 0 Å². The number of hydrogen-bond acceptors (Lipinski definition) is 4. The van der Waals surface area contributed by atoms with Crippen LogP contribution in [0.1, 0.15) is 6.42 Å². The second kappa shape index (κ2) is 4.67. The van der Waals surface area contributed by atoms with Gasteiger partial charge in [-0.05, 0) is 6.07 Å². The average molecular weight is 244 g/mol. The Hall–Kier alpha value is -1.33. The minimum atomic E-state index is -0.485. The van der Waals surface area contributed by atoms with Gasteiger partial charge in [0.25, 0.3) is 0 Å². The molecule has 1 aromatic carbocycles. The SMILES string of the molecule is O=[N+]([O-])c1ccc(Cl)cc1OC1CCOC1. The van der Waals surface area contributed by atoms with Crippen molar-refractivity contribution in [2.45, 2.75) is 12.5 Å². The fraction of sp³-hybridized carbons (Fsp3) is 0.400. The summed E-state index contributed by atoms with van der Waals surface area (Å²) in [5.41, 5.74) is -0.0729. The lowest BCUT2D eigenvalue weighted by Gasteiger charge is -2.11. The van der Waals surface area contributed by atoms with Gasteiger partial charge in [-0.15, -0.1) is 0 Å². The molecule has 86 valence electrons. The van der Waals surface area contributed by atoms with Crippen molar-refractivity contribution in [2.75, 3.05) is 13.2 Å². The molecule has 2 rings (SSSR count). The summed E-state index contributed by atoms with van der Waals surface area (Å²) in [7, 11) is 0. The molecule has 0 saturated carbocycles. The predicted octanol–water partition coefficient (Wildman–Crippen LogP) is 2.42. The van der Waals surface area contributed by atoms with Crippen LogP contribution in [0.2, 0.25) is 5.02 Å². The summed E-state index contributed by atoms with van der Waals surface area (Å²) in [6, 6.07) is 4.27. The maximum atomic E-state index is 10.8. The van der Waals surface area contributed by atoms with Gasteiger partial charge in [-0.1, -0.05) is 11.6 Å². The molecule has 16 heavy (non-hydrogen) atoms. The largest absolute Gasteiger partial charge is 0.481 e. The first-order valence-corrected chi connectivity index (χ1v) is 5.23. The average Bonchev–Trinajstić information content (AvgIpc) is 2.70. The third kappa shape index (κ3) is 2.43. The summed E-state index contributed by atoms with van der Waals surface area (Å²) >= 11 is 5.77. The van der Waals surface area contributed by atoms with Crippen molar-refractivity contribution in [3.63, 3.8) is 0 Å². The van der Waals surface area contributed by atoms with Crippen molar-refractivity contribution < 1.29 is 14.4 Å². The molecule has 0 spiro atoms. The Kier molecular flexibility index (Phi) is 3.26. The summed E-state index contributed by atoms with van der Waals surface area (Å²) in [5, 5.41) is 11.2. The van der Waals surface area contributed by atoms with Crippen LogP contribution in [-0.2, 0) is 4.74 Å². The van der Waals surface area contributed by atoms with Gasteiger partial charge < -0.3 is 9.47 Å². The smallest absolute Gasteiger partial charge is 0.311 e. The molecule has 0 aromatic heterocycles. The van der Waals surface area contributed by atoms with Crippen LogP contribution in [0.4, 0.5) is 5.69 Å². The number of nitro groups is 1. The molecule has 0 N–H and O–H groups in total. The lowest BCUT2D eigenvalue weighted by atomic mass is 10.2. The van der Waals surface area contributed by atoms with Crippen molar-refractivity contribution in [1.29, 1.82) is 0 Å². The minimum absolute atomic E-state index is 0.0729. The Balaban J connectivity index is 2.22. The Labute approximate surface area is 97.1 Å². The zero-order valence-electron chi connectivity index (χ0n) is 8.39. The lowest BCUT2D eigenvalue weighted by molar-refractivity contribution is -0.386. The quantitative estimate of drug-likeness (QED) is 0.604. The van der Waals surface area contributed by atoms with E-state index in [0.29, 0.717) is 18.2 Å². The lowest BCUT2D eigenvalue weighted by Crippen LogP contribution is -2.16. The highest BCUT2D eigenvalue weighted by atomic mass is 35.5. The van der Waals surface area contributed by atoms with E-state index in [4.69, 9.17) is 21.1 Å². The molecule has 1 unspecified atom stereocenters. The molecule has 6 heteroatoms. The van der Waals surface area contributed by atoms with E-state index in [1.807, 2.05) is 0 Å². The van der Waals surface area contributed by atoms with E-state index in [1.54, 1.807) is 0 Å². The highest BCUT2D eigenvalue weighted by molar-refractivity contribution is 6.30. The Morgan fingerprint density at radius 1 is 1.56 bits per heavy atom. The first-order chi connectivity index (χ1) is 7.66. The molecule has 1 aliphatic rings. The molecule has 1 heterocycles. The standard InChI is InChI=1S/C10H10ClNO4/c11-7-1-2-9(12(13)14)10(5-7)16-8-3-4-15-6-8/h1-2,5,8H,3-4,6H2. The van der Waals surface area contributed by atoms with Gasteiger partial charge >= 0.3 is 5.69 Å². The van der Waals surface area contributed by atoms with Crippen LogP contribution in [0.25, 0.3) is 0 Å². The third-order valence-electron chi connectivity index (χ3n) is 2.30. The Morgan fingerprint density at radius 3 is 3.00 bits per heavy atom. The monoisotopic (exact) mass is 243 g/mol. The summed E-state index contributed by atoms with van der Waals surface area (Å²) in [4.78, 5) is 10.3. The van der Waals surface area contributed by atoms with Gasteiger partial charge in [0.05, 0.1) is 18.1 Å². The van der Waals surface area contributed by atoms with Gasteiger partial charge in [0.1, 0.15) is 6.10 Å². The normalized spacial score (nSPS) is 19.7. The van der Waals surface area contributed by atoms with E-state index in [0.717, 1.165) is 6.42 Å². The number of nitrogens with zero attached hydrogens (tertiary/aromatic N) is 1. The van der Waals surface area contributed by atoms with E-state index >= 15 is 0 Å². The molecule has 0 bridgehead atoms. The molecule has 0 radical (unpaired) electrons. The van der Waals surface area contributed by atoms with Crippen LogP contribution in [0.15, 0.2) is 18.2 Å². The van der Waals surface area contributed by atoms with Gasteiger partial charge in [0, 0.05) is 23.6 Å². The van der Waals surface area contributed by atoms with Crippen molar-refractivity contribution in [3.8, 4) is 5.75 Å². The molecule has 1 atom stereocenters. The topological polar surface area (TPSA) is 61.6 Å². The number of nitro benzene ring substituents is 1. The highest BCUT2D eigenvalue weighted by Crippen LogP contribution is 2.31. The number of ether oxygens (including phenoxy) is 2.